The van der Waals surface area contributed by atoms with Crippen LogP contribution in [0.4, 0.5) is 0 Å². The molecule has 0 spiro atoms. The smallest absolute Gasteiger partial charge is 0.179 e. The summed E-state index contributed by atoms with van der Waals surface area (Å²) in [5.41, 5.74) is 0.972. The maximum absolute atomic E-state index is 6.11. The molecule has 1 aromatic carbocycles. The summed E-state index contributed by atoms with van der Waals surface area (Å²) < 4.78 is 10.3. The van der Waals surface area contributed by atoms with Gasteiger partial charge < -0.3 is 9.47 Å². The topological polar surface area (TPSA) is 18.5 Å². The second kappa shape index (κ2) is 5.32. The molecule has 0 aliphatic rings. The van der Waals surface area contributed by atoms with E-state index in [-0.39, 0.29) is 0 Å². The molecule has 0 saturated carbocycles. The molecule has 0 bridgehead atoms. The van der Waals surface area contributed by atoms with Gasteiger partial charge in [0.2, 0.25) is 0 Å². The third-order valence-electron chi connectivity index (χ3n) is 1.93. The van der Waals surface area contributed by atoms with Crippen LogP contribution in [0.5, 0.6) is 11.5 Å². The van der Waals surface area contributed by atoms with Crippen LogP contribution in [0, 0.1) is 0 Å². The summed E-state index contributed by atoms with van der Waals surface area (Å²) in [7, 11) is 3.14. The number of hydrogen-bond acceptors (Lipinski definition) is 2. The highest BCUT2D eigenvalue weighted by atomic mass is 35.5. The van der Waals surface area contributed by atoms with Crippen molar-refractivity contribution in [2.24, 2.45) is 0 Å². The van der Waals surface area contributed by atoms with Gasteiger partial charge in [0.05, 0.1) is 19.2 Å². The number of alkyl halides is 1. The SMILES string of the molecule is COc1ccc(CCCl)c(Cl)c1OC. The van der Waals surface area contributed by atoms with Crippen LogP contribution in [-0.4, -0.2) is 20.1 Å². The first-order valence-corrected chi connectivity index (χ1v) is 5.11. The van der Waals surface area contributed by atoms with Crippen LogP contribution in [0.3, 0.4) is 0 Å². The summed E-state index contributed by atoms with van der Waals surface area (Å²) >= 11 is 11.8. The van der Waals surface area contributed by atoms with Gasteiger partial charge in [0, 0.05) is 5.88 Å². The Morgan fingerprint density at radius 3 is 2.43 bits per heavy atom. The lowest BCUT2D eigenvalue weighted by Gasteiger charge is -2.11. The number of benzene rings is 1. The predicted octanol–water partition coefficient (Wildman–Crippen LogP) is 3.14. The van der Waals surface area contributed by atoms with Gasteiger partial charge in [-0.25, -0.2) is 0 Å². The highest BCUT2D eigenvalue weighted by molar-refractivity contribution is 6.33. The lowest BCUT2D eigenvalue weighted by Crippen LogP contribution is -1.95. The first-order valence-electron chi connectivity index (χ1n) is 4.20. The summed E-state index contributed by atoms with van der Waals surface area (Å²) in [6.07, 6.45) is 0.723. The summed E-state index contributed by atoms with van der Waals surface area (Å²) in [5, 5.41) is 0.576. The molecule has 78 valence electrons. The number of aryl methyl sites for hydroxylation is 1. The molecule has 0 amide bonds. The normalized spacial score (nSPS) is 10.0. The number of ether oxygens (including phenoxy) is 2. The maximum Gasteiger partial charge on any atom is 0.179 e. The van der Waals surface area contributed by atoms with Crippen LogP contribution in [0.1, 0.15) is 5.56 Å². The Hall–Kier alpha value is -0.600. The summed E-state index contributed by atoms with van der Waals surface area (Å²) in [5.74, 6) is 1.74. The molecule has 0 aliphatic carbocycles. The van der Waals surface area contributed by atoms with E-state index in [1.807, 2.05) is 12.1 Å². The van der Waals surface area contributed by atoms with Gasteiger partial charge in [-0.1, -0.05) is 17.7 Å². The van der Waals surface area contributed by atoms with E-state index >= 15 is 0 Å². The standard InChI is InChI=1S/C10H12Cl2O2/c1-13-8-4-3-7(5-6-11)9(12)10(8)14-2/h3-4H,5-6H2,1-2H3. The molecule has 0 radical (unpaired) electrons. The van der Waals surface area contributed by atoms with Gasteiger partial charge in [-0.05, 0) is 18.1 Å². The second-order valence-electron chi connectivity index (χ2n) is 2.71. The van der Waals surface area contributed by atoms with E-state index in [4.69, 9.17) is 32.7 Å². The zero-order valence-corrected chi connectivity index (χ0v) is 9.65. The van der Waals surface area contributed by atoms with Crippen molar-refractivity contribution in [1.29, 1.82) is 0 Å². The largest absolute Gasteiger partial charge is 0.493 e. The number of hydrogen-bond donors (Lipinski definition) is 0. The molecule has 1 aromatic rings. The zero-order valence-electron chi connectivity index (χ0n) is 8.14. The molecular formula is C10H12Cl2O2. The minimum atomic E-state index is 0.537. The van der Waals surface area contributed by atoms with Gasteiger partial charge in [0.25, 0.3) is 0 Å². The minimum Gasteiger partial charge on any atom is -0.493 e. The van der Waals surface area contributed by atoms with Crippen LogP contribution in [0.15, 0.2) is 12.1 Å². The van der Waals surface area contributed by atoms with E-state index in [0.29, 0.717) is 22.4 Å². The summed E-state index contributed by atoms with van der Waals surface area (Å²) in [6.45, 7) is 0. The van der Waals surface area contributed by atoms with E-state index in [1.165, 1.54) is 0 Å². The van der Waals surface area contributed by atoms with Gasteiger partial charge in [-0.2, -0.15) is 0 Å². The third kappa shape index (κ3) is 2.25. The highest BCUT2D eigenvalue weighted by Gasteiger charge is 2.12. The van der Waals surface area contributed by atoms with Gasteiger partial charge in [0.15, 0.2) is 11.5 Å². The Balaban J connectivity index is 3.13. The molecular weight excluding hydrogens is 223 g/mol. The van der Waals surface area contributed by atoms with Crippen LogP contribution in [0.2, 0.25) is 5.02 Å². The Labute approximate surface area is 93.7 Å². The highest BCUT2D eigenvalue weighted by Crippen LogP contribution is 2.37. The molecule has 0 aliphatic heterocycles. The van der Waals surface area contributed by atoms with Crippen molar-refractivity contribution in [2.45, 2.75) is 6.42 Å². The third-order valence-corrected chi connectivity index (χ3v) is 2.53. The van der Waals surface area contributed by atoms with Crippen molar-refractivity contribution in [3.05, 3.63) is 22.7 Å². The Morgan fingerprint density at radius 1 is 1.21 bits per heavy atom. The van der Waals surface area contributed by atoms with E-state index in [0.717, 1.165) is 12.0 Å². The van der Waals surface area contributed by atoms with Crippen LogP contribution in [0.25, 0.3) is 0 Å². The van der Waals surface area contributed by atoms with Crippen molar-refractivity contribution >= 4 is 23.2 Å². The van der Waals surface area contributed by atoms with E-state index in [2.05, 4.69) is 0 Å². The van der Waals surface area contributed by atoms with Crippen LogP contribution < -0.4 is 9.47 Å². The molecule has 2 nitrogen and oxygen atoms in total. The lowest BCUT2D eigenvalue weighted by molar-refractivity contribution is 0.355. The monoisotopic (exact) mass is 234 g/mol. The predicted molar refractivity (Wildman–Crippen MR) is 59.0 cm³/mol. The average Bonchev–Trinajstić information content (AvgIpc) is 2.21. The molecule has 14 heavy (non-hydrogen) atoms. The quantitative estimate of drug-likeness (QED) is 0.746. The van der Waals surface area contributed by atoms with Crippen molar-refractivity contribution in [3.63, 3.8) is 0 Å². The van der Waals surface area contributed by atoms with Crippen LogP contribution in [-0.2, 0) is 6.42 Å². The van der Waals surface area contributed by atoms with Crippen LogP contribution >= 0.6 is 23.2 Å². The molecule has 0 aromatic heterocycles. The minimum absolute atomic E-state index is 0.537. The second-order valence-corrected chi connectivity index (χ2v) is 3.47. The molecule has 0 N–H and O–H groups in total. The number of halogens is 2. The van der Waals surface area contributed by atoms with Crippen molar-refractivity contribution in [3.8, 4) is 11.5 Å². The summed E-state index contributed by atoms with van der Waals surface area (Å²) in [6, 6.07) is 3.72. The average molecular weight is 235 g/mol. The molecule has 1 rings (SSSR count). The van der Waals surface area contributed by atoms with E-state index in [9.17, 15) is 0 Å². The Morgan fingerprint density at radius 2 is 1.93 bits per heavy atom. The molecule has 0 fully saturated rings. The van der Waals surface area contributed by atoms with E-state index < -0.39 is 0 Å². The zero-order chi connectivity index (χ0) is 10.6. The molecule has 0 atom stereocenters. The first-order chi connectivity index (χ1) is 6.74. The molecule has 0 unspecified atom stereocenters. The van der Waals surface area contributed by atoms with Gasteiger partial charge in [-0.3, -0.25) is 0 Å². The van der Waals surface area contributed by atoms with Gasteiger partial charge >= 0.3 is 0 Å². The summed E-state index contributed by atoms with van der Waals surface area (Å²) in [4.78, 5) is 0. The maximum atomic E-state index is 6.11. The molecule has 0 saturated heterocycles. The molecule has 4 heteroatoms. The lowest BCUT2D eigenvalue weighted by atomic mass is 10.1. The number of rotatable bonds is 4. The Bertz CT molecular complexity index is 313. The van der Waals surface area contributed by atoms with Crippen molar-refractivity contribution < 1.29 is 9.47 Å². The molecule has 0 heterocycles. The van der Waals surface area contributed by atoms with Gasteiger partial charge in [-0.15, -0.1) is 11.6 Å². The van der Waals surface area contributed by atoms with Gasteiger partial charge in [0.1, 0.15) is 0 Å². The van der Waals surface area contributed by atoms with E-state index in [1.54, 1.807) is 14.2 Å². The fraction of sp³-hybridized carbons (Fsp3) is 0.400. The van der Waals surface area contributed by atoms with Crippen molar-refractivity contribution in [1.82, 2.24) is 0 Å². The first kappa shape index (κ1) is 11.5. The fourth-order valence-corrected chi connectivity index (χ4v) is 1.76. The fourth-order valence-electron chi connectivity index (χ4n) is 1.22. The Kier molecular flexibility index (Phi) is 4.36. The number of methoxy groups -OCH3 is 2. The van der Waals surface area contributed by atoms with Crippen molar-refractivity contribution in [2.75, 3.05) is 20.1 Å².